The molecule has 3 aliphatic rings. The lowest BCUT2D eigenvalue weighted by molar-refractivity contribution is 0.0829. The van der Waals surface area contributed by atoms with Crippen LogP contribution < -0.4 is 0 Å². The summed E-state index contributed by atoms with van der Waals surface area (Å²) in [7, 11) is 2.14. The minimum absolute atomic E-state index is 0.295. The van der Waals surface area contributed by atoms with Crippen molar-refractivity contribution in [1.82, 2.24) is 9.47 Å². The van der Waals surface area contributed by atoms with Crippen molar-refractivity contribution in [2.75, 3.05) is 19.6 Å². The number of aromatic nitrogens is 1. The molecule has 3 aliphatic heterocycles. The Kier molecular flexibility index (Phi) is 3.33. The SMILES string of the molecule is CCC(=O)c1c(C2CN3CCC2CC3)n(C)c2ccccc12. The van der Waals surface area contributed by atoms with E-state index in [4.69, 9.17) is 0 Å². The Labute approximate surface area is 131 Å². The third-order valence-corrected chi connectivity index (χ3v) is 5.76. The second-order valence-electron chi connectivity index (χ2n) is 6.86. The zero-order valence-corrected chi connectivity index (χ0v) is 13.5. The van der Waals surface area contributed by atoms with Crippen LogP contribution in [-0.2, 0) is 7.05 Å². The molecule has 2 bridgehead atoms. The Morgan fingerprint density at radius 2 is 1.95 bits per heavy atom. The molecule has 0 amide bonds. The van der Waals surface area contributed by atoms with E-state index in [0.717, 1.165) is 23.4 Å². The average molecular weight is 296 g/mol. The molecular formula is C19H24N2O. The number of hydrogen-bond acceptors (Lipinski definition) is 2. The number of hydrogen-bond donors (Lipinski definition) is 0. The van der Waals surface area contributed by atoms with Crippen LogP contribution in [0.1, 0.15) is 48.2 Å². The van der Waals surface area contributed by atoms with Gasteiger partial charge in [0.2, 0.25) is 0 Å². The molecule has 22 heavy (non-hydrogen) atoms. The first-order chi connectivity index (χ1) is 10.7. The standard InChI is InChI=1S/C19H24N2O/c1-3-17(22)18-14-6-4-5-7-16(14)20(2)19(18)15-12-21-10-8-13(15)9-11-21/h4-7,13,15H,3,8-12H2,1-2H3. The van der Waals surface area contributed by atoms with Crippen LogP contribution in [0, 0.1) is 5.92 Å². The third kappa shape index (κ3) is 1.95. The van der Waals surface area contributed by atoms with Gasteiger partial charge < -0.3 is 9.47 Å². The zero-order chi connectivity index (χ0) is 15.3. The summed E-state index contributed by atoms with van der Waals surface area (Å²) in [6.45, 7) is 5.58. The number of benzene rings is 1. The number of nitrogens with zero attached hydrogens (tertiary/aromatic N) is 2. The van der Waals surface area contributed by atoms with Crippen molar-refractivity contribution in [1.29, 1.82) is 0 Å². The van der Waals surface area contributed by atoms with Gasteiger partial charge in [0.25, 0.3) is 0 Å². The molecule has 0 radical (unpaired) electrons. The first kappa shape index (κ1) is 14.0. The van der Waals surface area contributed by atoms with Crippen LogP contribution in [-0.4, -0.2) is 34.9 Å². The van der Waals surface area contributed by atoms with Crippen LogP contribution in [0.3, 0.4) is 0 Å². The maximum Gasteiger partial charge on any atom is 0.165 e. The number of ketones is 1. The van der Waals surface area contributed by atoms with Gasteiger partial charge in [-0.25, -0.2) is 0 Å². The Morgan fingerprint density at radius 3 is 2.59 bits per heavy atom. The van der Waals surface area contributed by atoms with E-state index in [0.29, 0.717) is 18.1 Å². The molecule has 0 spiro atoms. The maximum absolute atomic E-state index is 12.7. The van der Waals surface area contributed by atoms with E-state index in [2.05, 4.69) is 40.8 Å². The van der Waals surface area contributed by atoms with Gasteiger partial charge in [-0.1, -0.05) is 25.1 Å². The van der Waals surface area contributed by atoms with Crippen molar-refractivity contribution < 1.29 is 4.79 Å². The van der Waals surface area contributed by atoms with Crippen LogP contribution in [0.25, 0.3) is 10.9 Å². The summed E-state index contributed by atoms with van der Waals surface area (Å²) in [6.07, 6.45) is 3.15. The van der Waals surface area contributed by atoms with E-state index in [1.165, 1.54) is 37.1 Å². The minimum Gasteiger partial charge on any atom is -0.347 e. The van der Waals surface area contributed by atoms with Gasteiger partial charge in [-0.05, 0) is 37.9 Å². The first-order valence-corrected chi connectivity index (χ1v) is 8.53. The van der Waals surface area contributed by atoms with Crippen LogP contribution in [0.5, 0.6) is 0 Å². The molecule has 1 atom stereocenters. The molecule has 3 saturated heterocycles. The van der Waals surface area contributed by atoms with Gasteiger partial charge in [0, 0.05) is 48.1 Å². The van der Waals surface area contributed by atoms with Crippen molar-refractivity contribution in [3.05, 3.63) is 35.5 Å². The largest absolute Gasteiger partial charge is 0.347 e. The molecule has 4 heterocycles. The number of rotatable bonds is 3. The van der Waals surface area contributed by atoms with Crippen LogP contribution in [0.2, 0.25) is 0 Å². The van der Waals surface area contributed by atoms with Gasteiger partial charge in [0.05, 0.1) is 0 Å². The maximum atomic E-state index is 12.7. The highest BCUT2D eigenvalue weighted by Gasteiger charge is 2.38. The number of Topliss-reactive ketones (excluding diaryl/α,β-unsaturated/α-hetero) is 1. The highest BCUT2D eigenvalue weighted by atomic mass is 16.1. The van der Waals surface area contributed by atoms with E-state index in [9.17, 15) is 4.79 Å². The van der Waals surface area contributed by atoms with Gasteiger partial charge >= 0.3 is 0 Å². The third-order valence-electron chi connectivity index (χ3n) is 5.76. The summed E-state index contributed by atoms with van der Waals surface area (Å²) < 4.78 is 2.30. The van der Waals surface area contributed by atoms with E-state index in [-0.39, 0.29) is 0 Å². The predicted molar refractivity (Wildman–Crippen MR) is 89.4 cm³/mol. The number of para-hydroxylation sites is 1. The molecule has 0 N–H and O–H groups in total. The van der Waals surface area contributed by atoms with Gasteiger partial charge in [-0.15, -0.1) is 0 Å². The molecule has 0 saturated carbocycles. The number of aryl methyl sites for hydroxylation is 1. The van der Waals surface area contributed by atoms with Crippen molar-refractivity contribution >= 4 is 16.7 Å². The predicted octanol–water partition coefficient (Wildman–Crippen LogP) is 3.58. The van der Waals surface area contributed by atoms with Crippen molar-refractivity contribution in [3.8, 4) is 0 Å². The molecule has 0 aliphatic carbocycles. The van der Waals surface area contributed by atoms with E-state index >= 15 is 0 Å². The molecule has 116 valence electrons. The van der Waals surface area contributed by atoms with Crippen molar-refractivity contribution in [3.63, 3.8) is 0 Å². The highest BCUT2D eigenvalue weighted by molar-refractivity contribution is 6.09. The highest BCUT2D eigenvalue weighted by Crippen LogP contribution is 2.42. The topological polar surface area (TPSA) is 25.2 Å². The molecule has 3 heteroatoms. The fourth-order valence-electron chi connectivity index (χ4n) is 4.59. The van der Waals surface area contributed by atoms with Crippen LogP contribution in [0.4, 0.5) is 0 Å². The van der Waals surface area contributed by atoms with E-state index in [1.807, 2.05) is 6.92 Å². The summed E-state index contributed by atoms with van der Waals surface area (Å²) in [5.74, 6) is 1.56. The second kappa shape index (κ2) is 5.24. The van der Waals surface area contributed by atoms with Gasteiger partial charge in [0.1, 0.15) is 0 Å². The quantitative estimate of drug-likeness (QED) is 0.809. The summed E-state index contributed by atoms with van der Waals surface area (Å²) in [5.41, 5.74) is 3.49. The number of piperidine rings is 3. The lowest BCUT2D eigenvalue weighted by Gasteiger charge is -2.45. The summed E-state index contributed by atoms with van der Waals surface area (Å²) in [5, 5.41) is 1.14. The van der Waals surface area contributed by atoms with Gasteiger partial charge in [-0.3, -0.25) is 4.79 Å². The van der Waals surface area contributed by atoms with Crippen molar-refractivity contribution in [2.45, 2.75) is 32.1 Å². The lowest BCUT2D eigenvalue weighted by Crippen LogP contribution is -2.46. The number of carbonyl (C=O) groups excluding carboxylic acids is 1. The van der Waals surface area contributed by atoms with E-state index < -0.39 is 0 Å². The Balaban J connectivity index is 1.92. The van der Waals surface area contributed by atoms with Crippen LogP contribution >= 0.6 is 0 Å². The average Bonchev–Trinajstić information content (AvgIpc) is 2.88. The summed E-state index contributed by atoms with van der Waals surface area (Å²) >= 11 is 0. The smallest absolute Gasteiger partial charge is 0.165 e. The number of fused-ring (bicyclic) bond motifs is 4. The molecule has 3 nitrogen and oxygen atoms in total. The Hall–Kier alpha value is -1.61. The van der Waals surface area contributed by atoms with E-state index in [1.54, 1.807) is 0 Å². The first-order valence-electron chi connectivity index (χ1n) is 8.53. The van der Waals surface area contributed by atoms with Crippen molar-refractivity contribution in [2.24, 2.45) is 13.0 Å². The fraction of sp³-hybridized carbons (Fsp3) is 0.526. The van der Waals surface area contributed by atoms with Crippen LogP contribution in [0.15, 0.2) is 24.3 Å². The fourth-order valence-corrected chi connectivity index (χ4v) is 4.59. The Bertz CT molecular complexity index is 722. The minimum atomic E-state index is 0.295. The summed E-state index contributed by atoms with van der Waals surface area (Å²) in [4.78, 5) is 15.3. The lowest BCUT2D eigenvalue weighted by atomic mass is 9.76. The molecule has 5 rings (SSSR count). The molecular weight excluding hydrogens is 272 g/mol. The summed E-state index contributed by atoms with van der Waals surface area (Å²) in [6, 6.07) is 8.38. The number of carbonyl (C=O) groups is 1. The molecule has 1 aromatic carbocycles. The normalized spacial score (nSPS) is 27.5. The van der Waals surface area contributed by atoms with Gasteiger partial charge in [0.15, 0.2) is 5.78 Å². The zero-order valence-electron chi connectivity index (χ0n) is 13.5. The molecule has 2 aromatic rings. The second-order valence-corrected chi connectivity index (χ2v) is 6.86. The molecule has 1 aromatic heterocycles. The Morgan fingerprint density at radius 1 is 1.23 bits per heavy atom. The molecule has 3 fully saturated rings. The monoisotopic (exact) mass is 296 g/mol. The van der Waals surface area contributed by atoms with Gasteiger partial charge in [-0.2, -0.15) is 0 Å². The molecule has 1 unspecified atom stereocenters.